The first-order valence-electron chi connectivity index (χ1n) is 10.2. The molecule has 1 aliphatic rings. The highest BCUT2D eigenvalue weighted by Gasteiger charge is 2.37. The molecule has 0 fully saturated rings. The van der Waals surface area contributed by atoms with Crippen molar-refractivity contribution in [3.05, 3.63) is 38.9 Å². The van der Waals surface area contributed by atoms with Crippen molar-refractivity contribution in [2.75, 3.05) is 25.7 Å². The lowest BCUT2D eigenvalue weighted by molar-refractivity contribution is -0.135. The number of nitrogens with one attached hydrogen (secondary N) is 1. The molecule has 0 radical (unpaired) electrons. The molecule has 2 unspecified atom stereocenters. The summed E-state index contributed by atoms with van der Waals surface area (Å²) in [5.74, 6) is -0.0470. The number of ether oxygens (including phenoxy) is 2. The standard InChI is InChI=1S/C23H25ClN2O7S2/c1-7-14-12(2)16-10-32-21(27)18(16)19(25-23(29)26(4)5)15(14)8-9-17(24)13(3)20(35(6,30)31)22(28)33-11-34/h1,9,11,13,20H,8,10H2,2-6H3,(H,25,29). The summed E-state index contributed by atoms with van der Waals surface area (Å²) in [6.07, 6.45) is 8.17. The number of rotatable bonds is 8. The molecule has 12 heteroatoms. The van der Waals surface area contributed by atoms with E-state index in [2.05, 4.69) is 28.2 Å². The molecule has 2 atom stereocenters. The van der Waals surface area contributed by atoms with E-state index in [1.54, 1.807) is 6.92 Å². The second-order valence-corrected chi connectivity index (χ2v) is 10.9. The molecule has 1 aliphatic heterocycles. The van der Waals surface area contributed by atoms with E-state index in [-0.39, 0.29) is 29.3 Å². The SMILES string of the molecule is C#Cc1c(C)c2c(c(NC(=O)N(C)C)c1CC=C(Cl)C(C)C(C(=O)OC=S)S(C)(=O)=O)C(=O)OC2. The summed E-state index contributed by atoms with van der Waals surface area (Å²) < 4.78 is 34.3. The van der Waals surface area contributed by atoms with E-state index >= 15 is 0 Å². The van der Waals surface area contributed by atoms with Gasteiger partial charge in [0.05, 0.1) is 11.3 Å². The van der Waals surface area contributed by atoms with Crippen molar-refractivity contribution in [1.82, 2.24) is 4.90 Å². The van der Waals surface area contributed by atoms with Crippen LogP contribution in [0.4, 0.5) is 10.5 Å². The molecule has 0 aliphatic carbocycles. The maximum absolute atomic E-state index is 12.5. The number of thiocarbonyl (C=S) groups is 1. The molecule has 1 heterocycles. The topological polar surface area (TPSA) is 119 Å². The van der Waals surface area contributed by atoms with E-state index in [1.807, 2.05) is 0 Å². The highest BCUT2D eigenvalue weighted by molar-refractivity contribution is 7.92. The Hall–Kier alpha value is -2.94. The van der Waals surface area contributed by atoms with E-state index in [1.165, 1.54) is 32.0 Å². The van der Waals surface area contributed by atoms with Crippen LogP contribution in [0.25, 0.3) is 0 Å². The van der Waals surface area contributed by atoms with Crippen molar-refractivity contribution < 1.29 is 32.3 Å². The minimum Gasteiger partial charge on any atom is -0.457 e. The third kappa shape index (κ3) is 6.01. The zero-order chi connectivity index (χ0) is 26.7. The van der Waals surface area contributed by atoms with Gasteiger partial charge in [0.15, 0.2) is 20.6 Å². The number of anilines is 1. The highest BCUT2D eigenvalue weighted by atomic mass is 35.5. The number of hydrogen-bond acceptors (Lipinski definition) is 8. The van der Waals surface area contributed by atoms with Gasteiger partial charge in [0.1, 0.15) is 6.61 Å². The first kappa shape index (κ1) is 28.3. The van der Waals surface area contributed by atoms with E-state index in [9.17, 15) is 22.8 Å². The van der Waals surface area contributed by atoms with Gasteiger partial charge in [0.2, 0.25) is 0 Å². The van der Waals surface area contributed by atoms with Crippen LogP contribution < -0.4 is 5.32 Å². The monoisotopic (exact) mass is 540 g/mol. The zero-order valence-electron chi connectivity index (χ0n) is 19.8. The van der Waals surface area contributed by atoms with Crippen LogP contribution in [0.15, 0.2) is 11.1 Å². The second kappa shape index (κ2) is 11.2. The number of amides is 2. The lowest BCUT2D eigenvalue weighted by Crippen LogP contribution is -2.37. The number of sulfone groups is 1. The first-order valence-corrected chi connectivity index (χ1v) is 13.0. The smallest absolute Gasteiger partial charge is 0.341 e. The molecule has 2 amide bonds. The number of benzene rings is 1. The van der Waals surface area contributed by atoms with Gasteiger partial charge in [0, 0.05) is 42.4 Å². The number of allylic oxidation sites excluding steroid dienone is 2. The summed E-state index contributed by atoms with van der Waals surface area (Å²) in [5, 5.41) is 1.15. The van der Waals surface area contributed by atoms with Crippen molar-refractivity contribution >= 4 is 62.9 Å². The van der Waals surface area contributed by atoms with Crippen molar-refractivity contribution in [2.45, 2.75) is 32.1 Å². The average Bonchev–Trinajstić information content (AvgIpc) is 3.14. The van der Waals surface area contributed by atoms with Gasteiger partial charge in [-0.15, -0.1) is 6.42 Å². The Morgan fingerprint density at radius 3 is 2.54 bits per heavy atom. The predicted molar refractivity (Wildman–Crippen MR) is 136 cm³/mol. The molecule has 0 bridgehead atoms. The van der Waals surface area contributed by atoms with Gasteiger partial charge in [-0.1, -0.05) is 30.5 Å². The molecule has 0 spiro atoms. The van der Waals surface area contributed by atoms with Crippen molar-refractivity contribution in [2.24, 2.45) is 5.92 Å². The van der Waals surface area contributed by atoms with Crippen molar-refractivity contribution in [3.8, 4) is 12.3 Å². The molecule has 0 saturated carbocycles. The number of halogens is 1. The van der Waals surface area contributed by atoms with E-state index < -0.39 is 39.0 Å². The number of carbonyl (C=O) groups is 3. The quantitative estimate of drug-likeness (QED) is 0.304. The van der Waals surface area contributed by atoms with Crippen LogP contribution in [0, 0.1) is 25.2 Å². The van der Waals surface area contributed by atoms with Crippen LogP contribution in [-0.4, -0.2) is 62.4 Å². The Morgan fingerprint density at radius 2 is 2.03 bits per heavy atom. The Bertz CT molecular complexity index is 1260. The molecular weight excluding hydrogens is 516 g/mol. The number of esters is 2. The number of cyclic esters (lactones) is 1. The van der Waals surface area contributed by atoms with Crippen LogP contribution in [0.3, 0.4) is 0 Å². The minimum atomic E-state index is -3.90. The Balaban J connectivity index is 2.62. The molecule has 0 saturated heterocycles. The maximum Gasteiger partial charge on any atom is 0.341 e. The highest BCUT2D eigenvalue weighted by Crippen LogP contribution is 2.37. The molecule has 2 rings (SSSR count). The van der Waals surface area contributed by atoms with Crippen LogP contribution in [0.2, 0.25) is 0 Å². The molecule has 1 N–H and O–H groups in total. The number of carbonyl (C=O) groups excluding carboxylic acids is 3. The lowest BCUT2D eigenvalue weighted by Gasteiger charge is -2.21. The first-order chi connectivity index (χ1) is 16.3. The van der Waals surface area contributed by atoms with Gasteiger partial charge < -0.3 is 19.7 Å². The molecule has 0 aromatic heterocycles. The number of hydrogen-bond donors (Lipinski definition) is 1. The third-order valence-corrected chi connectivity index (χ3v) is 7.68. The van der Waals surface area contributed by atoms with Crippen molar-refractivity contribution in [1.29, 1.82) is 0 Å². The summed E-state index contributed by atoms with van der Waals surface area (Å²) in [6, 6.07) is -0.497. The fourth-order valence-electron chi connectivity index (χ4n) is 3.76. The Labute approximate surface area is 214 Å². The fourth-order valence-corrected chi connectivity index (χ4v) is 5.42. The molecular formula is C23H25ClN2O7S2. The van der Waals surface area contributed by atoms with Gasteiger partial charge in [-0.3, -0.25) is 4.79 Å². The summed E-state index contributed by atoms with van der Waals surface area (Å²) in [4.78, 5) is 38.5. The molecule has 188 valence electrons. The lowest BCUT2D eigenvalue weighted by atomic mass is 9.89. The summed E-state index contributed by atoms with van der Waals surface area (Å²) >= 11 is 10.9. The van der Waals surface area contributed by atoms with Gasteiger partial charge >= 0.3 is 18.0 Å². The van der Waals surface area contributed by atoms with Crippen LogP contribution in [0.5, 0.6) is 0 Å². The summed E-state index contributed by atoms with van der Waals surface area (Å²) in [5.41, 5.74) is 3.13. The fraction of sp³-hybridized carbons (Fsp3) is 0.391. The maximum atomic E-state index is 12.5. The molecule has 9 nitrogen and oxygen atoms in total. The van der Waals surface area contributed by atoms with E-state index in [0.29, 0.717) is 27.8 Å². The summed E-state index contributed by atoms with van der Waals surface area (Å²) in [6.45, 7) is 3.22. The number of fused-ring (bicyclic) bond motifs is 1. The Morgan fingerprint density at radius 1 is 1.40 bits per heavy atom. The number of nitrogens with zero attached hydrogens (tertiary/aromatic N) is 1. The van der Waals surface area contributed by atoms with Gasteiger partial charge in [0.25, 0.3) is 0 Å². The average molecular weight is 541 g/mol. The molecule has 1 aromatic carbocycles. The largest absolute Gasteiger partial charge is 0.457 e. The molecule has 1 aromatic rings. The third-order valence-electron chi connectivity index (χ3n) is 5.57. The van der Waals surface area contributed by atoms with Gasteiger partial charge in [-0.05, 0) is 36.7 Å². The Kier molecular flexibility index (Phi) is 9.06. The summed E-state index contributed by atoms with van der Waals surface area (Å²) in [7, 11) is -0.835. The van der Waals surface area contributed by atoms with E-state index in [4.69, 9.17) is 22.8 Å². The predicted octanol–water partition coefficient (Wildman–Crippen LogP) is 2.96. The number of urea groups is 1. The second-order valence-electron chi connectivity index (χ2n) is 8.12. The normalized spacial score (nSPS) is 14.8. The number of terminal acetylenes is 1. The van der Waals surface area contributed by atoms with E-state index in [0.717, 1.165) is 6.26 Å². The van der Waals surface area contributed by atoms with Crippen LogP contribution >= 0.6 is 23.8 Å². The van der Waals surface area contributed by atoms with Crippen molar-refractivity contribution in [3.63, 3.8) is 0 Å². The van der Waals surface area contributed by atoms with Gasteiger partial charge in [-0.25, -0.2) is 18.0 Å². The van der Waals surface area contributed by atoms with Crippen LogP contribution in [0.1, 0.15) is 39.5 Å². The van der Waals surface area contributed by atoms with Gasteiger partial charge in [-0.2, -0.15) is 0 Å². The minimum absolute atomic E-state index is 0.0193. The molecule has 35 heavy (non-hydrogen) atoms. The van der Waals surface area contributed by atoms with Crippen LogP contribution in [-0.2, 0) is 37.1 Å². The zero-order valence-corrected chi connectivity index (χ0v) is 22.2.